The van der Waals surface area contributed by atoms with Crippen LogP contribution in [0, 0.1) is 6.08 Å². The molecule has 0 aliphatic heterocycles. The molecule has 0 unspecified atom stereocenters. The molecule has 0 N–H and O–H groups in total. The fraction of sp³-hybridized carbons (Fsp3) is 0.300. The second kappa shape index (κ2) is 40.0. The van der Waals surface area contributed by atoms with Gasteiger partial charge in [-0.25, -0.2) is 12.2 Å². The van der Waals surface area contributed by atoms with Gasteiger partial charge in [-0.15, -0.1) is 6.42 Å². The van der Waals surface area contributed by atoms with Crippen molar-refractivity contribution in [2.24, 2.45) is 0 Å². The molecule has 0 amide bonds. The molecule has 0 radical (unpaired) electrons. The molecule has 0 aromatic heterocycles. The van der Waals surface area contributed by atoms with Crippen LogP contribution < -0.4 is 0 Å². The SMILES string of the molecule is [C-]1=CC=CCCC1.[CH-]=O.[CH-]=O.[CH-]=O.[Ru+4]. The van der Waals surface area contributed by atoms with Crippen molar-refractivity contribution >= 4 is 20.4 Å². The smallest absolute Gasteiger partial charge is 0.545 e. The molecule has 0 spiro atoms. The number of rotatable bonds is 0. The van der Waals surface area contributed by atoms with Crippen LogP contribution in [0.25, 0.3) is 0 Å². The van der Waals surface area contributed by atoms with Crippen LogP contribution >= 0.6 is 0 Å². The fourth-order valence-electron chi connectivity index (χ4n) is 0.638. The largest absolute Gasteiger partial charge is 4.00 e. The van der Waals surface area contributed by atoms with E-state index in [2.05, 4.69) is 38.6 Å². The van der Waals surface area contributed by atoms with E-state index >= 15 is 0 Å². The molecule has 1 aliphatic carbocycles. The summed E-state index contributed by atoms with van der Waals surface area (Å²) in [5.74, 6) is 0. The van der Waals surface area contributed by atoms with Crippen molar-refractivity contribution < 1.29 is 33.9 Å². The van der Waals surface area contributed by atoms with E-state index in [9.17, 15) is 0 Å². The van der Waals surface area contributed by atoms with Gasteiger partial charge in [0.15, 0.2) is 0 Å². The maximum absolute atomic E-state index is 7.75. The van der Waals surface area contributed by atoms with Gasteiger partial charge in [-0.2, -0.15) is 6.08 Å². The zero-order valence-corrected chi connectivity index (χ0v) is 9.40. The minimum Gasteiger partial charge on any atom is -0.545 e. The zero-order valence-electron chi connectivity index (χ0n) is 7.66. The van der Waals surface area contributed by atoms with Crippen molar-refractivity contribution in [1.29, 1.82) is 0 Å². The quantitative estimate of drug-likeness (QED) is 0.381. The van der Waals surface area contributed by atoms with Crippen LogP contribution in [-0.2, 0) is 33.9 Å². The first-order valence-electron chi connectivity index (χ1n) is 3.42. The van der Waals surface area contributed by atoms with Gasteiger partial charge in [0.1, 0.15) is 0 Å². The van der Waals surface area contributed by atoms with E-state index < -0.39 is 0 Å². The van der Waals surface area contributed by atoms with E-state index in [1.165, 1.54) is 12.8 Å². The van der Waals surface area contributed by atoms with Crippen molar-refractivity contribution in [2.75, 3.05) is 0 Å². The molecular weight excluding hydrogens is 269 g/mol. The van der Waals surface area contributed by atoms with Crippen LogP contribution in [0.3, 0.4) is 0 Å². The molecular formula is C10H12O3Ru. The minimum atomic E-state index is 0. The first-order valence-corrected chi connectivity index (χ1v) is 3.42. The summed E-state index contributed by atoms with van der Waals surface area (Å²) >= 11 is 0. The molecule has 0 aromatic carbocycles. The average Bonchev–Trinajstić information content (AvgIpc) is 2.58. The van der Waals surface area contributed by atoms with Gasteiger partial charge in [0.05, 0.1) is 0 Å². The van der Waals surface area contributed by atoms with Gasteiger partial charge in [0, 0.05) is 0 Å². The first kappa shape index (κ1) is 23.2. The van der Waals surface area contributed by atoms with Gasteiger partial charge < -0.3 is 14.4 Å². The predicted molar refractivity (Wildman–Crippen MR) is 51.1 cm³/mol. The standard InChI is InChI=1S/C7H9.3CHO.Ru/c1-2-4-6-7-5-3-1;3*1-2;/h1-3H,4,6-7H2;3*1H;/q4*-1;+4. The summed E-state index contributed by atoms with van der Waals surface area (Å²) in [6.45, 7) is 9.75. The van der Waals surface area contributed by atoms with Gasteiger partial charge >= 0.3 is 19.5 Å². The van der Waals surface area contributed by atoms with Crippen molar-refractivity contribution in [1.82, 2.24) is 0 Å². The topological polar surface area (TPSA) is 51.2 Å². The maximum Gasteiger partial charge on any atom is 4.00 e. The Bertz CT molecular complexity index is 119. The summed E-state index contributed by atoms with van der Waals surface area (Å²) in [5.41, 5.74) is 0. The predicted octanol–water partition coefficient (Wildman–Crippen LogP) is 1.26. The molecule has 78 valence electrons. The molecule has 0 atom stereocenters. The van der Waals surface area contributed by atoms with E-state index in [1.807, 2.05) is 6.08 Å². The monoisotopic (exact) mass is 282 g/mol. The van der Waals surface area contributed by atoms with E-state index in [4.69, 9.17) is 14.4 Å². The normalized spacial score (nSPS) is 10.6. The van der Waals surface area contributed by atoms with Gasteiger partial charge in [-0.3, -0.25) is 26.4 Å². The summed E-state index contributed by atoms with van der Waals surface area (Å²) < 4.78 is 0. The molecule has 0 aromatic rings. The molecule has 0 fully saturated rings. The Morgan fingerprint density at radius 3 is 2.00 bits per heavy atom. The maximum atomic E-state index is 7.75. The van der Waals surface area contributed by atoms with Gasteiger partial charge in [0.25, 0.3) is 0 Å². The molecule has 1 rings (SSSR count). The minimum absolute atomic E-state index is 0. The van der Waals surface area contributed by atoms with Crippen molar-refractivity contribution in [3.05, 3.63) is 24.3 Å². The van der Waals surface area contributed by atoms with Crippen molar-refractivity contribution in [3.8, 4) is 0 Å². The van der Waals surface area contributed by atoms with E-state index in [0.29, 0.717) is 0 Å². The molecule has 0 bridgehead atoms. The molecule has 0 saturated carbocycles. The molecule has 0 saturated heterocycles. The molecule has 1 aliphatic rings. The number of hydrogen-bond acceptors (Lipinski definition) is 3. The van der Waals surface area contributed by atoms with Crippen LogP contribution in [0.5, 0.6) is 0 Å². The summed E-state index contributed by atoms with van der Waals surface area (Å²) in [7, 11) is 0. The van der Waals surface area contributed by atoms with Gasteiger partial charge in [-0.05, 0) is 0 Å². The summed E-state index contributed by atoms with van der Waals surface area (Å²) in [6.07, 6.45) is 13.0. The molecule has 4 heteroatoms. The fourth-order valence-corrected chi connectivity index (χ4v) is 0.638. The van der Waals surface area contributed by atoms with Crippen LogP contribution in [0.2, 0.25) is 0 Å². The van der Waals surface area contributed by atoms with E-state index in [1.54, 1.807) is 0 Å². The Balaban J connectivity index is -0.0000000625. The van der Waals surface area contributed by atoms with Gasteiger partial charge in [0.2, 0.25) is 0 Å². The first-order chi connectivity index (χ1) is 6.50. The summed E-state index contributed by atoms with van der Waals surface area (Å²) in [5, 5.41) is 0. The molecule has 3 nitrogen and oxygen atoms in total. The summed E-state index contributed by atoms with van der Waals surface area (Å²) in [6, 6.07) is 0. The Labute approximate surface area is 98.0 Å². The van der Waals surface area contributed by atoms with Gasteiger partial charge in [-0.1, -0.05) is 12.8 Å². The number of carbonyl (C=O) groups excluding carboxylic acids is 3. The second-order valence-electron chi connectivity index (χ2n) is 1.69. The van der Waals surface area contributed by atoms with E-state index in [0.717, 1.165) is 6.42 Å². The van der Waals surface area contributed by atoms with Crippen molar-refractivity contribution in [2.45, 2.75) is 19.3 Å². The number of hydrogen-bond donors (Lipinski definition) is 0. The summed E-state index contributed by atoms with van der Waals surface area (Å²) in [4.78, 5) is 23.2. The Kier molecular flexibility index (Phi) is 66.2. The Morgan fingerprint density at radius 2 is 1.50 bits per heavy atom. The third-order valence-corrected chi connectivity index (χ3v) is 1.04. The van der Waals surface area contributed by atoms with Crippen molar-refractivity contribution in [3.63, 3.8) is 0 Å². The zero-order chi connectivity index (χ0) is 10.9. The van der Waals surface area contributed by atoms with E-state index in [-0.39, 0.29) is 19.5 Å². The average molecular weight is 281 g/mol. The number of allylic oxidation sites excluding steroid dienone is 4. The third-order valence-electron chi connectivity index (χ3n) is 1.04. The molecule has 0 heterocycles. The van der Waals surface area contributed by atoms with Crippen LogP contribution in [0.15, 0.2) is 18.2 Å². The van der Waals surface area contributed by atoms with Crippen LogP contribution in [-0.4, -0.2) is 20.4 Å². The third kappa shape index (κ3) is 30.4. The Hall–Kier alpha value is -0.887. The molecule has 14 heavy (non-hydrogen) atoms. The van der Waals surface area contributed by atoms with Crippen LogP contribution in [0.4, 0.5) is 0 Å². The second-order valence-corrected chi connectivity index (χ2v) is 1.69. The Morgan fingerprint density at radius 1 is 1.00 bits per heavy atom. The van der Waals surface area contributed by atoms with Crippen LogP contribution in [0.1, 0.15) is 19.3 Å².